The van der Waals surface area contributed by atoms with Gasteiger partial charge in [-0.15, -0.1) is 0 Å². The van der Waals surface area contributed by atoms with Gasteiger partial charge in [0.05, 0.1) is 11.0 Å². The number of pyridine rings is 1. The minimum absolute atomic E-state index is 0.902. The Hall–Kier alpha value is -2.42. The van der Waals surface area contributed by atoms with Crippen molar-refractivity contribution in [2.24, 2.45) is 0 Å². The Morgan fingerprint density at radius 3 is 1.91 bits per heavy atom. The Morgan fingerprint density at radius 1 is 0.686 bits per heavy atom. The molecule has 1 aromatic carbocycles. The van der Waals surface area contributed by atoms with Gasteiger partial charge in [0.25, 0.3) is 0 Å². The molecule has 0 fully saturated rings. The van der Waals surface area contributed by atoms with Crippen LogP contribution in [0.4, 0.5) is 0 Å². The van der Waals surface area contributed by atoms with Gasteiger partial charge < -0.3 is 4.98 Å². The van der Waals surface area contributed by atoms with Gasteiger partial charge in [0, 0.05) is 18.1 Å². The van der Waals surface area contributed by atoms with Crippen molar-refractivity contribution in [3.63, 3.8) is 0 Å². The molecule has 1 N–H and O–H groups in total. The molecule has 0 spiro atoms. The van der Waals surface area contributed by atoms with E-state index in [2.05, 4.69) is 64.2 Å². The molecule has 0 amide bonds. The molecule has 190 valence electrons. The van der Waals surface area contributed by atoms with Crippen LogP contribution >= 0.6 is 0 Å². The molecule has 0 saturated heterocycles. The van der Waals surface area contributed by atoms with Crippen LogP contribution < -0.4 is 4.57 Å². The molecule has 0 aliphatic rings. The van der Waals surface area contributed by atoms with Crippen LogP contribution in [0.1, 0.15) is 121 Å². The number of hydrogen-bond donors (Lipinski definition) is 1. The summed E-state index contributed by atoms with van der Waals surface area (Å²) in [6.07, 6.45) is 31.3. The highest BCUT2D eigenvalue weighted by Crippen LogP contribution is 2.14. The van der Waals surface area contributed by atoms with Crippen molar-refractivity contribution in [1.29, 1.82) is 0 Å². The molecule has 3 heteroatoms. The second kappa shape index (κ2) is 17.1. The van der Waals surface area contributed by atoms with E-state index >= 15 is 0 Å². The smallest absolute Gasteiger partial charge is 0.176 e. The summed E-state index contributed by atoms with van der Waals surface area (Å²) >= 11 is 0. The highest BCUT2D eigenvalue weighted by Gasteiger charge is 2.03. The van der Waals surface area contributed by atoms with Gasteiger partial charge in [-0.2, -0.15) is 0 Å². The van der Waals surface area contributed by atoms with E-state index in [1.54, 1.807) is 0 Å². The molecule has 0 bridgehead atoms. The van der Waals surface area contributed by atoms with Crippen molar-refractivity contribution in [2.75, 3.05) is 0 Å². The lowest BCUT2D eigenvalue weighted by Gasteiger charge is -2.03. The molecule has 0 aliphatic heterocycles. The van der Waals surface area contributed by atoms with E-state index in [4.69, 9.17) is 0 Å². The first kappa shape index (κ1) is 27.2. The second-order valence-corrected chi connectivity index (χ2v) is 10.2. The highest BCUT2D eigenvalue weighted by atomic mass is 14.9. The Labute approximate surface area is 214 Å². The quantitative estimate of drug-likeness (QED) is 0.136. The predicted octanol–water partition coefficient (Wildman–Crippen LogP) is 9.28. The average molecular weight is 475 g/mol. The molecule has 2 heterocycles. The lowest BCUT2D eigenvalue weighted by Crippen LogP contribution is -2.32. The van der Waals surface area contributed by atoms with Gasteiger partial charge >= 0.3 is 0 Å². The minimum atomic E-state index is 0.902. The number of para-hydroxylation sites is 2. The zero-order valence-corrected chi connectivity index (χ0v) is 22.2. The number of hydrogen-bond acceptors (Lipinski definition) is 1. The van der Waals surface area contributed by atoms with Crippen LogP contribution in [0.25, 0.3) is 23.2 Å². The monoisotopic (exact) mass is 474 g/mol. The van der Waals surface area contributed by atoms with E-state index in [1.165, 1.54) is 108 Å². The van der Waals surface area contributed by atoms with Crippen LogP contribution in [0.2, 0.25) is 0 Å². The summed E-state index contributed by atoms with van der Waals surface area (Å²) in [4.78, 5) is 7.99. The standard InChI is InChI=1S/C32H48N3/c1-2-3-4-5-6-7-8-9-10-11-12-13-14-15-16-19-26-35-27-20-21-29(28-35)24-25-32-33-30-22-17-18-23-31(30)34-32/h17-18,20-25,27-28H,2-16,19,26H2,1H3,(H,33,34)/q+1/b25-24+. The zero-order chi connectivity index (χ0) is 24.4. The van der Waals surface area contributed by atoms with E-state index in [-0.39, 0.29) is 0 Å². The second-order valence-electron chi connectivity index (χ2n) is 10.2. The Morgan fingerprint density at radius 2 is 1.29 bits per heavy atom. The zero-order valence-electron chi connectivity index (χ0n) is 22.2. The fraction of sp³-hybridized carbons (Fsp3) is 0.562. The topological polar surface area (TPSA) is 32.6 Å². The van der Waals surface area contributed by atoms with Crippen LogP contribution in [-0.2, 0) is 6.54 Å². The van der Waals surface area contributed by atoms with E-state index < -0.39 is 0 Å². The summed E-state index contributed by atoms with van der Waals surface area (Å²) in [5.74, 6) is 0.902. The molecule has 0 aliphatic carbocycles. The van der Waals surface area contributed by atoms with Gasteiger partial charge in [0.15, 0.2) is 12.4 Å². The van der Waals surface area contributed by atoms with Gasteiger partial charge in [0.1, 0.15) is 12.4 Å². The van der Waals surface area contributed by atoms with E-state index in [9.17, 15) is 0 Å². The number of rotatable bonds is 19. The van der Waals surface area contributed by atoms with E-state index in [0.29, 0.717) is 0 Å². The number of H-pyrrole nitrogens is 1. The van der Waals surface area contributed by atoms with Crippen LogP contribution in [0.3, 0.4) is 0 Å². The van der Waals surface area contributed by atoms with Gasteiger partial charge in [0.2, 0.25) is 0 Å². The van der Waals surface area contributed by atoms with Crippen LogP contribution in [0.15, 0.2) is 48.8 Å². The summed E-state index contributed by atoms with van der Waals surface area (Å²) in [6, 6.07) is 12.5. The number of unbranched alkanes of at least 4 members (excludes halogenated alkanes) is 15. The minimum Gasteiger partial charge on any atom is -0.338 e. The van der Waals surface area contributed by atoms with Crippen LogP contribution in [0.5, 0.6) is 0 Å². The number of nitrogens with zero attached hydrogens (tertiary/aromatic N) is 2. The van der Waals surface area contributed by atoms with Crippen molar-refractivity contribution < 1.29 is 4.57 Å². The number of imidazole rings is 1. The lowest BCUT2D eigenvalue weighted by molar-refractivity contribution is -0.697. The molecule has 0 radical (unpaired) electrons. The number of aromatic nitrogens is 3. The maximum Gasteiger partial charge on any atom is 0.176 e. The van der Waals surface area contributed by atoms with E-state index in [0.717, 1.165) is 23.4 Å². The van der Waals surface area contributed by atoms with E-state index in [1.807, 2.05) is 18.2 Å². The molecule has 0 atom stereocenters. The third-order valence-electron chi connectivity index (χ3n) is 6.99. The molecule has 3 aromatic rings. The first-order valence-electron chi connectivity index (χ1n) is 14.5. The molecular weight excluding hydrogens is 426 g/mol. The fourth-order valence-corrected chi connectivity index (χ4v) is 4.85. The third kappa shape index (κ3) is 11.2. The molecule has 3 rings (SSSR count). The molecular formula is C32H48N3+. The molecule has 2 aromatic heterocycles. The highest BCUT2D eigenvalue weighted by molar-refractivity contribution is 5.78. The maximum atomic E-state index is 4.63. The fourth-order valence-electron chi connectivity index (χ4n) is 4.85. The Balaban J connectivity index is 1.19. The van der Waals surface area contributed by atoms with Gasteiger partial charge in [-0.25, -0.2) is 9.55 Å². The molecule has 3 nitrogen and oxygen atoms in total. The summed E-state index contributed by atoms with van der Waals surface area (Å²) < 4.78 is 2.32. The van der Waals surface area contributed by atoms with Crippen molar-refractivity contribution in [3.8, 4) is 0 Å². The van der Waals surface area contributed by atoms with Gasteiger partial charge in [-0.1, -0.05) is 109 Å². The van der Waals surface area contributed by atoms with Gasteiger partial charge in [-0.3, -0.25) is 0 Å². The number of fused-ring (bicyclic) bond motifs is 1. The lowest BCUT2D eigenvalue weighted by atomic mass is 10.0. The molecule has 35 heavy (non-hydrogen) atoms. The predicted molar refractivity (Wildman–Crippen MR) is 151 cm³/mol. The van der Waals surface area contributed by atoms with Crippen molar-refractivity contribution in [3.05, 3.63) is 60.2 Å². The first-order chi connectivity index (χ1) is 17.3. The summed E-state index contributed by atoms with van der Waals surface area (Å²) in [6.45, 7) is 3.40. The Bertz CT molecular complexity index is 939. The normalized spacial score (nSPS) is 11.7. The molecule has 0 saturated carbocycles. The van der Waals surface area contributed by atoms with Crippen molar-refractivity contribution in [1.82, 2.24) is 9.97 Å². The van der Waals surface area contributed by atoms with Crippen LogP contribution in [0, 0.1) is 0 Å². The number of aromatic amines is 1. The number of benzene rings is 1. The third-order valence-corrected chi connectivity index (χ3v) is 6.99. The van der Waals surface area contributed by atoms with Gasteiger partial charge in [-0.05, 0) is 36.8 Å². The maximum absolute atomic E-state index is 4.63. The first-order valence-corrected chi connectivity index (χ1v) is 14.5. The SMILES string of the molecule is CCCCCCCCCCCCCCCCCC[n+]1cccc(/C=C/c2nc3ccccc3[nH]2)c1. The Kier molecular flexibility index (Phi) is 13.3. The summed E-state index contributed by atoms with van der Waals surface area (Å²) in [5.41, 5.74) is 3.31. The van der Waals surface area contributed by atoms with Crippen molar-refractivity contribution in [2.45, 2.75) is 116 Å². The number of nitrogens with one attached hydrogen (secondary N) is 1. The average Bonchev–Trinajstić information content (AvgIpc) is 3.31. The largest absolute Gasteiger partial charge is 0.338 e. The summed E-state index contributed by atoms with van der Waals surface area (Å²) in [5, 5.41) is 0. The van der Waals surface area contributed by atoms with Crippen molar-refractivity contribution >= 4 is 23.2 Å². The molecule has 0 unspecified atom stereocenters. The summed E-state index contributed by atoms with van der Waals surface area (Å²) in [7, 11) is 0. The van der Waals surface area contributed by atoms with Crippen LogP contribution in [-0.4, -0.2) is 9.97 Å². The number of aryl methyl sites for hydroxylation is 1.